The number of hydrogen-bond donors (Lipinski definition) is 3. The summed E-state index contributed by atoms with van der Waals surface area (Å²) < 4.78 is 0. The monoisotopic (exact) mass is 202 g/mol. The summed E-state index contributed by atoms with van der Waals surface area (Å²) in [6.07, 6.45) is 0. The highest BCUT2D eigenvalue weighted by Gasteiger charge is 2.11. The summed E-state index contributed by atoms with van der Waals surface area (Å²) in [6, 6.07) is 6.88. The van der Waals surface area contributed by atoms with E-state index in [0.717, 1.165) is 5.69 Å². The molecule has 1 unspecified atom stereocenters. The molecule has 0 spiro atoms. The first kappa shape index (κ1) is 11.2. The molecule has 1 aromatic rings. The molecule has 0 heterocycles. The number of nitriles is 1. The normalized spacial score (nSPS) is 11.6. The molecule has 0 saturated carbocycles. The maximum absolute atomic E-state index is 8.77. The van der Waals surface area contributed by atoms with Crippen LogP contribution in [0.5, 0.6) is 0 Å². The van der Waals surface area contributed by atoms with Gasteiger partial charge in [-0.2, -0.15) is 5.26 Å². The van der Waals surface area contributed by atoms with Gasteiger partial charge in [0.2, 0.25) is 0 Å². The summed E-state index contributed by atoms with van der Waals surface area (Å²) >= 11 is 0. The van der Waals surface area contributed by atoms with Crippen LogP contribution in [0.2, 0.25) is 0 Å². The van der Waals surface area contributed by atoms with Gasteiger partial charge in [-0.05, 0) is 25.1 Å². The molecule has 0 radical (unpaired) electrons. The van der Waals surface area contributed by atoms with E-state index in [4.69, 9.17) is 16.4 Å². The smallest absolute Gasteiger partial charge is 0.0991 e. The zero-order valence-electron chi connectivity index (χ0n) is 8.83. The van der Waals surface area contributed by atoms with Crippen molar-refractivity contribution in [3.63, 3.8) is 0 Å². The topological polar surface area (TPSA) is 85.7 Å². The molecular weight excluding hydrogens is 188 g/mol. The van der Waals surface area contributed by atoms with Crippen LogP contribution in [0.15, 0.2) is 18.2 Å². The van der Waals surface area contributed by atoms with E-state index in [2.05, 4.69) is 5.32 Å². The van der Waals surface area contributed by atoms with E-state index in [1.54, 1.807) is 32.2 Å². The lowest BCUT2D eigenvalue weighted by Crippen LogP contribution is -2.27. The van der Waals surface area contributed by atoms with Gasteiger partial charge >= 0.3 is 0 Å². The molecular formula is C11H14N4. The van der Waals surface area contributed by atoms with Crippen LogP contribution >= 0.6 is 0 Å². The molecule has 78 valence electrons. The third-order valence-electron chi connectivity index (χ3n) is 2.16. The van der Waals surface area contributed by atoms with Crippen LogP contribution in [0.4, 0.5) is 5.69 Å². The second-order valence-corrected chi connectivity index (χ2v) is 3.32. The lowest BCUT2D eigenvalue weighted by atomic mass is 10.0. The van der Waals surface area contributed by atoms with E-state index >= 15 is 0 Å². The SMILES string of the molecule is CNc1ccc(C#N)cc1C(=N)C(C)N. The Labute approximate surface area is 89.2 Å². The van der Waals surface area contributed by atoms with Crippen molar-refractivity contribution in [1.29, 1.82) is 10.7 Å². The van der Waals surface area contributed by atoms with E-state index in [9.17, 15) is 0 Å². The average molecular weight is 202 g/mol. The van der Waals surface area contributed by atoms with E-state index in [0.29, 0.717) is 16.8 Å². The van der Waals surface area contributed by atoms with Crippen LogP contribution in [-0.2, 0) is 0 Å². The predicted octanol–water partition coefficient (Wildman–Crippen LogP) is 1.32. The van der Waals surface area contributed by atoms with E-state index < -0.39 is 0 Å². The molecule has 15 heavy (non-hydrogen) atoms. The van der Waals surface area contributed by atoms with E-state index in [1.165, 1.54) is 0 Å². The Bertz CT molecular complexity index is 415. The molecule has 0 aromatic heterocycles. The van der Waals surface area contributed by atoms with Gasteiger partial charge in [0.15, 0.2) is 0 Å². The fourth-order valence-corrected chi connectivity index (χ4v) is 1.30. The molecule has 0 aliphatic heterocycles. The Hall–Kier alpha value is -1.86. The lowest BCUT2D eigenvalue weighted by Gasteiger charge is -2.13. The van der Waals surface area contributed by atoms with Crippen LogP contribution in [0, 0.1) is 16.7 Å². The maximum atomic E-state index is 8.77. The first-order valence-corrected chi connectivity index (χ1v) is 4.66. The molecule has 1 atom stereocenters. The summed E-state index contributed by atoms with van der Waals surface area (Å²) in [5.74, 6) is 0. The molecule has 0 aliphatic carbocycles. The summed E-state index contributed by atoms with van der Waals surface area (Å²) in [4.78, 5) is 0. The molecule has 0 saturated heterocycles. The van der Waals surface area contributed by atoms with Gasteiger partial charge in [0.1, 0.15) is 0 Å². The van der Waals surface area contributed by atoms with Crippen LogP contribution in [0.25, 0.3) is 0 Å². The largest absolute Gasteiger partial charge is 0.388 e. The molecule has 1 aromatic carbocycles. The highest BCUT2D eigenvalue weighted by atomic mass is 14.8. The van der Waals surface area contributed by atoms with Crippen molar-refractivity contribution < 1.29 is 0 Å². The number of hydrogen-bond acceptors (Lipinski definition) is 4. The van der Waals surface area contributed by atoms with Gasteiger partial charge in [-0.25, -0.2) is 0 Å². The molecule has 0 fully saturated rings. The lowest BCUT2D eigenvalue weighted by molar-refractivity contribution is 0.965. The summed E-state index contributed by atoms with van der Waals surface area (Å²) in [7, 11) is 1.78. The minimum atomic E-state index is -0.342. The highest BCUT2D eigenvalue weighted by molar-refractivity contribution is 6.06. The maximum Gasteiger partial charge on any atom is 0.0991 e. The van der Waals surface area contributed by atoms with Gasteiger partial charge < -0.3 is 16.5 Å². The third-order valence-corrected chi connectivity index (χ3v) is 2.16. The van der Waals surface area contributed by atoms with Gasteiger partial charge in [-0.1, -0.05) is 0 Å². The highest BCUT2D eigenvalue weighted by Crippen LogP contribution is 2.18. The second kappa shape index (κ2) is 4.58. The van der Waals surface area contributed by atoms with Gasteiger partial charge in [-0.15, -0.1) is 0 Å². The number of anilines is 1. The Morgan fingerprint density at radius 2 is 2.27 bits per heavy atom. The van der Waals surface area contributed by atoms with Crippen molar-refractivity contribution in [3.8, 4) is 6.07 Å². The molecule has 0 aliphatic rings. The Morgan fingerprint density at radius 1 is 1.60 bits per heavy atom. The number of nitrogens with zero attached hydrogens (tertiary/aromatic N) is 1. The van der Waals surface area contributed by atoms with Crippen molar-refractivity contribution in [3.05, 3.63) is 29.3 Å². The molecule has 1 rings (SSSR count). The van der Waals surface area contributed by atoms with Crippen molar-refractivity contribution in [2.45, 2.75) is 13.0 Å². The van der Waals surface area contributed by atoms with Crippen LogP contribution in [0.1, 0.15) is 18.1 Å². The van der Waals surface area contributed by atoms with Crippen LogP contribution in [0.3, 0.4) is 0 Å². The molecule has 4 N–H and O–H groups in total. The molecule has 4 heteroatoms. The zero-order chi connectivity index (χ0) is 11.4. The van der Waals surface area contributed by atoms with Crippen LogP contribution < -0.4 is 11.1 Å². The first-order valence-electron chi connectivity index (χ1n) is 4.66. The van der Waals surface area contributed by atoms with Crippen molar-refractivity contribution in [2.75, 3.05) is 12.4 Å². The summed E-state index contributed by atoms with van der Waals surface area (Å²) in [6.45, 7) is 1.75. The summed E-state index contributed by atoms with van der Waals surface area (Å²) in [5.41, 5.74) is 8.02. The van der Waals surface area contributed by atoms with Crippen molar-refractivity contribution >= 4 is 11.4 Å². The number of rotatable bonds is 3. The number of nitrogens with one attached hydrogen (secondary N) is 2. The zero-order valence-corrected chi connectivity index (χ0v) is 8.83. The Morgan fingerprint density at radius 3 is 2.73 bits per heavy atom. The third kappa shape index (κ3) is 2.33. The van der Waals surface area contributed by atoms with Gasteiger partial charge in [0.25, 0.3) is 0 Å². The summed E-state index contributed by atoms with van der Waals surface area (Å²) in [5, 5.41) is 19.6. The Balaban J connectivity index is 3.25. The number of benzene rings is 1. The Kier molecular flexibility index (Phi) is 3.42. The van der Waals surface area contributed by atoms with E-state index in [1.807, 2.05) is 6.07 Å². The van der Waals surface area contributed by atoms with Crippen molar-refractivity contribution in [2.24, 2.45) is 5.73 Å². The fourth-order valence-electron chi connectivity index (χ4n) is 1.30. The van der Waals surface area contributed by atoms with Crippen molar-refractivity contribution in [1.82, 2.24) is 0 Å². The minimum Gasteiger partial charge on any atom is -0.388 e. The number of nitrogens with two attached hydrogens (primary N) is 1. The second-order valence-electron chi connectivity index (χ2n) is 3.32. The van der Waals surface area contributed by atoms with E-state index in [-0.39, 0.29) is 6.04 Å². The first-order chi connectivity index (χ1) is 7.10. The molecule has 0 bridgehead atoms. The van der Waals surface area contributed by atoms with Gasteiger partial charge in [0, 0.05) is 24.3 Å². The molecule has 4 nitrogen and oxygen atoms in total. The fraction of sp³-hybridized carbons (Fsp3) is 0.273. The molecule has 0 amide bonds. The van der Waals surface area contributed by atoms with Crippen LogP contribution in [-0.4, -0.2) is 18.8 Å². The standard InChI is InChI=1S/C11H14N4/c1-7(13)11(14)9-5-8(6-12)3-4-10(9)15-2/h3-5,7,14-15H,13H2,1-2H3. The van der Waals surface area contributed by atoms with Gasteiger partial charge in [-0.3, -0.25) is 0 Å². The minimum absolute atomic E-state index is 0.330. The predicted molar refractivity (Wildman–Crippen MR) is 61.2 cm³/mol. The quantitative estimate of drug-likeness (QED) is 0.646. The van der Waals surface area contributed by atoms with Gasteiger partial charge in [0.05, 0.1) is 17.3 Å². The average Bonchev–Trinajstić information content (AvgIpc) is 2.27.